The number of hydrogen-bond donors (Lipinski definition) is 2. The average molecular weight is 465 g/mol. The maximum Gasteiger partial charge on any atom is 0.416 e. The molecule has 0 amide bonds. The maximum atomic E-state index is 13.9. The van der Waals surface area contributed by atoms with E-state index in [0.29, 0.717) is 31.8 Å². The molecule has 1 saturated heterocycles. The van der Waals surface area contributed by atoms with E-state index >= 15 is 0 Å². The van der Waals surface area contributed by atoms with E-state index in [1.54, 1.807) is 6.92 Å². The fourth-order valence-corrected chi connectivity index (χ4v) is 4.23. The van der Waals surface area contributed by atoms with Gasteiger partial charge in [0, 0.05) is 12.6 Å². The molecular weight excluding hydrogens is 438 g/mol. The summed E-state index contributed by atoms with van der Waals surface area (Å²) >= 11 is 0. The Morgan fingerprint density at radius 3 is 2.67 bits per heavy atom. The van der Waals surface area contributed by atoms with Gasteiger partial charge >= 0.3 is 6.18 Å². The highest BCUT2D eigenvalue weighted by atomic mass is 19.4. The Morgan fingerprint density at radius 1 is 1.24 bits per heavy atom. The lowest BCUT2D eigenvalue weighted by atomic mass is 9.81. The standard InChI is InChI=1S/C24H27F4N3O2/c1-16(17-11-19(24(26,27)28)13-20(25)12-17)33-15-23(18-5-3-2-4-6-18)8-7-21(14-30-23)31-22-29-9-10-32-22/h2-6,11-13,16,21,30H,7-10,14-15H2,1H3,(H,29,31)/t16-,21+,23-/m1/s1. The number of nitrogens with one attached hydrogen (secondary N) is 2. The van der Waals surface area contributed by atoms with Gasteiger partial charge in [0.1, 0.15) is 12.4 Å². The van der Waals surface area contributed by atoms with Gasteiger partial charge in [0.15, 0.2) is 0 Å². The third-order valence-corrected chi connectivity index (χ3v) is 6.14. The Kier molecular flexibility index (Phi) is 6.90. The maximum absolute atomic E-state index is 13.9. The highest BCUT2D eigenvalue weighted by molar-refractivity contribution is 5.75. The summed E-state index contributed by atoms with van der Waals surface area (Å²) in [5.74, 6) is -0.935. The number of halogens is 4. The fourth-order valence-electron chi connectivity index (χ4n) is 4.23. The first-order valence-electron chi connectivity index (χ1n) is 11.0. The zero-order valence-electron chi connectivity index (χ0n) is 18.3. The molecular formula is C24H27F4N3O2. The molecule has 9 heteroatoms. The monoisotopic (exact) mass is 465 g/mol. The van der Waals surface area contributed by atoms with E-state index in [0.717, 1.165) is 30.5 Å². The minimum absolute atomic E-state index is 0.133. The van der Waals surface area contributed by atoms with Crippen LogP contribution in [0.4, 0.5) is 17.6 Å². The third-order valence-electron chi connectivity index (χ3n) is 6.14. The van der Waals surface area contributed by atoms with Crippen LogP contribution in [0.3, 0.4) is 0 Å². The van der Waals surface area contributed by atoms with E-state index < -0.39 is 29.2 Å². The number of piperidine rings is 1. The second-order valence-electron chi connectivity index (χ2n) is 8.47. The summed E-state index contributed by atoms with van der Waals surface area (Å²) in [6.07, 6.45) is -3.80. The molecule has 2 heterocycles. The topological polar surface area (TPSA) is 54.9 Å². The second kappa shape index (κ2) is 9.69. The first-order valence-corrected chi connectivity index (χ1v) is 11.0. The summed E-state index contributed by atoms with van der Waals surface area (Å²) in [6, 6.07) is 13.0. The molecule has 0 radical (unpaired) electrons. The van der Waals surface area contributed by atoms with Crippen LogP contribution in [-0.4, -0.2) is 38.4 Å². The second-order valence-corrected chi connectivity index (χ2v) is 8.47. The van der Waals surface area contributed by atoms with Gasteiger partial charge in [0.05, 0.1) is 30.4 Å². The molecule has 0 bridgehead atoms. The number of ether oxygens (including phenoxy) is 2. The van der Waals surface area contributed by atoms with E-state index in [1.807, 2.05) is 30.3 Å². The van der Waals surface area contributed by atoms with Gasteiger partial charge in [-0.05, 0) is 49.1 Å². The zero-order valence-corrected chi connectivity index (χ0v) is 18.3. The van der Waals surface area contributed by atoms with Gasteiger partial charge in [-0.25, -0.2) is 9.38 Å². The summed E-state index contributed by atoms with van der Waals surface area (Å²) in [5.41, 5.74) is -0.364. The summed E-state index contributed by atoms with van der Waals surface area (Å²) in [4.78, 5) is 4.27. The highest BCUT2D eigenvalue weighted by Gasteiger charge is 2.38. The Hall–Kier alpha value is -2.65. The number of hydrogen-bond acceptors (Lipinski definition) is 5. The lowest BCUT2D eigenvalue weighted by Gasteiger charge is -2.42. The van der Waals surface area contributed by atoms with Gasteiger partial charge in [-0.1, -0.05) is 30.3 Å². The van der Waals surface area contributed by atoms with E-state index in [2.05, 4.69) is 15.6 Å². The van der Waals surface area contributed by atoms with E-state index in [4.69, 9.17) is 9.47 Å². The van der Waals surface area contributed by atoms with Crippen molar-refractivity contribution in [2.75, 3.05) is 26.3 Å². The van der Waals surface area contributed by atoms with Crippen LogP contribution in [0.15, 0.2) is 53.5 Å². The normalized spacial score (nSPS) is 24.2. The molecule has 2 aliphatic rings. The first kappa shape index (κ1) is 23.5. The fraction of sp³-hybridized carbons (Fsp3) is 0.458. The van der Waals surface area contributed by atoms with Crippen LogP contribution in [0.2, 0.25) is 0 Å². The summed E-state index contributed by atoms with van der Waals surface area (Å²) < 4.78 is 64.7. The van der Waals surface area contributed by atoms with Crippen molar-refractivity contribution in [3.8, 4) is 0 Å². The van der Waals surface area contributed by atoms with Gasteiger partial charge in [-0.3, -0.25) is 0 Å². The largest absolute Gasteiger partial charge is 0.463 e. The molecule has 0 saturated carbocycles. The number of aliphatic imine (C=N–C) groups is 1. The van der Waals surface area contributed by atoms with Crippen LogP contribution in [-0.2, 0) is 21.2 Å². The lowest BCUT2D eigenvalue weighted by Crippen LogP contribution is -2.57. The molecule has 2 aliphatic heterocycles. The lowest BCUT2D eigenvalue weighted by molar-refractivity contribution is -0.137. The molecule has 33 heavy (non-hydrogen) atoms. The van der Waals surface area contributed by atoms with Crippen molar-refractivity contribution in [3.05, 3.63) is 71.0 Å². The van der Waals surface area contributed by atoms with Crippen molar-refractivity contribution in [2.45, 2.75) is 43.6 Å². The minimum Gasteiger partial charge on any atom is -0.463 e. The number of nitrogens with zero attached hydrogens (tertiary/aromatic N) is 1. The van der Waals surface area contributed by atoms with E-state index in [1.165, 1.54) is 0 Å². The number of benzene rings is 2. The first-order chi connectivity index (χ1) is 15.7. The predicted molar refractivity (Wildman–Crippen MR) is 116 cm³/mol. The third kappa shape index (κ3) is 5.65. The molecule has 5 nitrogen and oxygen atoms in total. The summed E-state index contributed by atoms with van der Waals surface area (Å²) in [6.45, 7) is 3.72. The van der Waals surface area contributed by atoms with Crippen LogP contribution < -0.4 is 10.6 Å². The van der Waals surface area contributed by atoms with Gasteiger partial charge in [0.2, 0.25) is 0 Å². The van der Waals surface area contributed by atoms with Gasteiger partial charge < -0.3 is 20.1 Å². The number of rotatable bonds is 6. The molecule has 4 rings (SSSR count). The average Bonchev–Trinajstić information content (AvgIpc) is 3.31. The van der Waals surface area contributed by atoms with Crippen LogP contribution in [0.5, 0.6) is 0 Å². The van der Waals surface area contributed by atoms with Gasteiger partial charge in [-0.2, -0.15) is 13.2 Å². The molecule has 0 unspecified atom stereocenters. The summed E-state index contributed by atoms with van der Waals surface area (Å²) in [7, 11) is 0. The Morgan fingerprint density at radius 2 is 2.03 bits per heavy atom. The van der Waals surface area contributed by atoms with Crippen molar-refractivity contribution < 1.29 is 27.0 Å². The van der Waals surface area contributed by atoms with Crippen molar-refractivity contribution in [1.29, 1.82) is 0 Å². The van der Waals surface area contributed by atoms with Crippen molar-refractivity contribution in [1.82, 2.24) is 10.6 Å². The van der Waals surface area contributed by atoms with Gasteiger partial charge in [-0.15, -0.1) is 0 Å². The Labute approximate surface area is 190 Å². The molecule has 2 aromatic rings. The van der Waals surface area contributed by atoms with E-state index in [9.17, 15) is 17.6 Å². The smallest absolute Gasteiger partial charge is 0.416 e. The zero-order chi connectivity index (χ0) is 23.5. The highest BCUT2D eigenvalue weighted by Crippen LogP contribution is 2.35. The minimum atomic E-state index is -4.62. The molecule has 2 N–H and O–H groups in total. The Bertz CT molecular complexity index is 973. The van der Waals surface area contributed by atoms with Crippen molar-refractivity contribution >= 4 is 6.02 Å². The molecule has 2 aromatic carbocycles. The van der Waals surface area contributed by atoms with Crippen molar-refractivity contribution in [3.63, 3.8) is 0 Å². The molecule has 3 atom stereocenters. The molecule has 0 aliphatic carbocycles. The van der Waals surface area contributed by atoms with Crippen LogP contribution >= 0.6 is 0 Å². The quantitative estimate of drug-likeness (QED) is 0.615. The predicted octanol–water partition coefficient (Wildman–Crippen LogP) is 4.55. The molecule has 178 valence electrons. The SMILES string of the molecule is C[C@@H](OC[C@@]1(c2ccccc2)CC[C@H](NC2=NCCO2)CN1)c1cc(F)cc(C(F)(F)F)c1. The molecule has 0 aromatic heterocycles. The molecule has 1 fully saturated rings. The Balaban J connectivity index is 1.47. The van der Waals surface area contributed by atoms with Crippen LogP contribution in [0.1, 0.15) is 42.6 Å². The summed E-state index contributed by atoms with van der Waals surface area (Å²) in [5, 5.41) is 6.88. The van der Waals surface area contributed by atoms with Crippen LogP contribution in [0, 0.1) is 5.82 Å². The van der Waals surface area contributed by atoms with E-state index in [-0.39, 0.29) is 18.2 Å². The number of amidine groups is 1. The molecule has 0 spiro atoms. The van der Waals surface area contributed by atoms with Crippen molar-refractivity contribution in [2.24, 2.45) is 4.99 Å². The van der Waals surface area contributed by atoms with Crippen LogP contribution in [0.25, 0.3) is 0 Å². The number of alkyl halides is 3. The van der Waals surface area contributed by atoms with Gasteiger partial charge in [0.25, 0.3) is 6.02 Å².